The van der Waals surface area contributed by atoms with Gasteiger partial charge in [0.2, 0.25) is 0 Å². The Morgan fingerprint density at radius 1 is 1.18 bits per heavy atom. The molecule has 0 aliphatic heterocycles. The van der Waals surface area contributed by atoms with Crippen LogP contribution in [0.15, 0.2) is 6.20 Å². The maximum absolute atomic E-state index is 4.51. The third-order valence-electron chi connectivity index (χ3n) is 4.07. The van der Waals surface area contributed by atoms with Gasteiger partial charge in [-0.15, -0.1) is 0 Å². The molecule has 0 aromatic carbocycles. The zero-order valence-corrected chi connectivity index (χ0v) is 10.5. The van der Waals surface area contributed by atoms with Crippen molar-refractivity contribution >= 4 is 0 Å². The third-order valence-corrected chi connectivity index (χ3v) is 4.07. The second-order valence-corrected chi connectivity index (χ2v) is 5.60. The van der Waals surface area contributed by atoms with Gasteiger partial charge in [0.1, 0.15) is 5.82 Å². The highest BCUT2D eigenvalue weighted by Gasteiger charge is 2.20. The standard InChI is InChI=1S/C14H23N3/c1-2-4-11(5-3-1)13-10-16-14(17-13)8-9-15-12-6-7-12/h10-12,15H,1-9H2,(H,16,17). The van der Waals surface area contributed by atoms with E-state index in [1.54, 1.807) is 0 Å². The molecule has 1 aromatic heterocycles. The first-order valence-corrected chi connectivity index (χ1v) is 7.19. The zero-order chi connectivity index (χ0) is 11.5. The molecule has 94 valence electrons. The molecule has 2 fully saturated rings. The first-order chi connectivity index (χ1) is 8.42. The van der Waals surface area contributed by atoms with Gasteiger partial charge in [0.15, 0.2) is 0 Å². The van der Waals surface area contributed by atoms with Crippen molar-refractivity contribution in [3.05, 3.63) is 17.7 Å². The highest BCUT2D eigenvalue weighted by Crippen LogP contribution is 2.31. The second-order valence-electron chi connectivity index (χ2n) is 5.60. The predicted octanol–water partition coefficient (Wildman–Crippen LogP) is 2.75. The summed E-state index contributed by atoms with van der Waals surface area (Å²) in [7, 11) is 0. The number of hydrogen-bond donors (Lipinski definition) is 2. The van der Waals surface area contributed by atoms with Crippen molar-refractivity contribution in [3.8, 4) is 0 Å². The summed E-state index contributed by atoms with van der Waals surface area (Å²) in [6, 6.07) is 0.808. The Labute approximate surface area is 103 Å². The van der Waals surface area contributed by atoms with Gasteiger partial charge in [-0.05, 0) is 25.7 Å². The van der Waals surface area contributed by atoms with Gasteiger partial charge in [-0.3, -0.25) is 0 Å². The van der Waals surface area contributed by atoms with Crippen LogP contribution in [-0.2, 0) is 6.42 Å². The van der Waals surface area contributed by atoms with Crippen molar-refractivity contribution in [1.29, 1.82) is 0 Å². The number of imidazole rings is 1. The van der Waals surface area contributed by atoms with Crippen LogP contribution in [0.1, 0.15) is 62.4 Å². The third kappa shape index (κ3) is 3.09. The molecule has 0 saturated heterocycles. The summed E-state index contributed by atoms with van der Waals surface area (Å²) in [5.74, 6) is 1.92. The molecule has 3 rings (SSSR count). The SMILES string of the molecule is c1nc(CCNC2CC2)[nH]c1C1CCCCC1. The molecule has 2 aliphatic carbocycles. The van der Waals surface area contributed by atoms with Gasteiger partial charge in [0.05, 0.1) is 0 Å². The zero-order valence-electron chi connectivity index (χ0n) is 10.5. The monoisotopic (exact) mass is 233 g/mol. The molecule has 1 heterocycles. The molecule has 2 aliphatic rings. The Bertz CT molecular complexity index is 348. The molecular weight excluding hydrogens is 210 g/mol. The summed E-state index contributed by atoms with van der Waals surface area (Å²) in [5, 5.41) is 3.53. The van der Waals surface area contributed by atoms with E-state index in [0.717, 1.165) is 24.9 Å². The topological polar surface area (TPSA) is 40.7 Å². The van der Waals surface area contributed by atoms with Gasteiger partial charge in [0, 0.05) is 36.8 Å². The predicted molar refractivity (Wildman–Crippen MR) is 69.1 cm³/mol. The van der Waals surface area contributed by atoms with Crippen molar-refractivity contribution in [3.63, 3.8) is 0 Å². The number of aromatic nitrogens is 2. The molecule has 0 amide bonds. The van der Waals surface area contributed by atoms with Crippen LogP contribution >= 0.6 is 0 Å². The van der Waals surface area contributed by atoms with E-state index in [9.17, 15) is 0 Å². The van der Waals surface area contributed by atoms with Gasteiger partial charge in [-0.2, -0.15) is 0 Å². The first-order valence-electron chi connectivity index (χ1n) is 7.19. The van der Waals surface area contributed by atoms with Crippen LogP contribution in [0.3, 0.4) is 0 Å². The molecular formula is C14H23N3. The fourth-order valence-corrected chi connectivity index (χ4v) is 2.81. The molecule has 2 N–H and O–H groups in total. The minimum Gasteiger partial charge on any atom is -0.346 e. The Hall–Kier alpha value is -0.830. The molecule has 1 aromatic rings. The van der Waals surface area contributed by atoms with Crippen molar-refractivity contribution in [2.75, 3.05) is 6.54 Å². The summed E-state index contributed by atoms with van der Waals surface area (Å²) in [6.07, 6.45) is 12.7. The van der Waals surface area contributed by atoms with Gasteiger partial charge in [-0.25, -0.2) is 4.98 Å². The lowest BCUT2D eigenvalue weighted by Crippen LogP contribution is -2.19. The van der Waals surface area contributed by atoms with Gasteiger partial charge in [0.25, 0.3) is 0 Å². The summed E-state index contributed by atoms with van der Waals surface area (Å²) >= 11 is 0. The minimum absolute atomic E-state index is 0.751. The summed E-state index contributed by atoms with van der Waals surface area (Å²) in [5.41, 5.74) is 1.38. The van der Waals surface area contributed by atoms with E-state index in [4.69, 9.17) is 0 Å². The summed E-state index contributed by atoms with van der Waals surface area (Å²) < 4.78 is 0. The van der Waals surface area contributed by atoms with E-state index in [0.29, 0.717) is 0 Å². The van der Waals surface area contributed by atoms with Gasteiger partial charge < -0.3 is 10.3 Å². The minimum atomic E-state index is 0.751. The molecule has 0 bridgehead atoms. The molecule has 17 heavy (non-hydrogen) atoms. The van der Waals surface area contributed by atoms with E-state index in [1.807, 2.05) is 0 Å². The first kappa shape index (κ1) is 11.3. The molecule has 0 atom stereocenters. The lowest BCUT2D eigenvalue weighted by atomic mass is 9.87. The Kier molecular flexibility index (Phi) is 3.46. The molecule has 2 saturated carbocycles. The van der Waals surface area contributed by atoms with Crippen LogP contribution in [-0.4, -0.2) is 22.6 Å². The van der Waals surface area contributed by atoms with Crippen molar-refractivity contribution < 1.29 is 0 Å². The number of nitrogens with zero attached hydrogens (tertiary/aromatic N) is 1. The molecule has 3 heteroatoms. The number of H-pyrrole nitrogens is 1. The largest absolute Gasteiger partial charge is 0.346 e. The molecule has 0 spiro atoms. The van der Waals surface area contributed by atoms with Crippen LogP contribution in [0.4, 0.5) is 0 Å². The maximum Gasteiger partial charge on any atom is 0.107 e. The van der Waals surface area contributed by atoms with Gasteiger partial charge in [-0.1, -0.05) is 19.3 Å². The van der Waals surface area contributed by atoms with Crippen molar-refractivity contribution in [1.82, 2.24) is 15.3 Å². The average Bonchev–Trinajstić information content (AvgIpc) is 3.07. The highest BCUT2D eigenvalue weighted by atomic mass is 15.0. The van der Waals surface area contributed by atoms with Crippen molar-refractivity contribution in [2.45, 2.75) is 63.3 Å². The Morgan fingerprint density at radius 3 is 2.76 bits per heavy atom. The summed E-state index contributed by atoms with van der Waals surface area (Å²) in [4.78, 5) is 8.04. The molecule has 0 radical (unpaired) electrons. The second kappa shape index (κ2) is 5.21. The van der Waals surface area contributed by atoms with Gasteiger partial charge >= 0.3 is 0 Å². The normalized spacial score (nSPS) is 21.9. The molecule has 0 unspecified atom stereocenters. The maximum atomic E-state index is 4.51. The van der Waals surface area contributed by atoms with Crippen LogP contribution in [0.25, 0.3) is 0 Å². The molecule has 3 nitrogen and oxygen atoms in total. The number of rotatable bonds is 5. The summed E-state index contributed by atoms with van der Waals surface area (Å²) in [6.45, 7) is 1.07. The van der Waals surface area contributed by atoms with Crippen LogP contribution in [0.5, 0.6) is 0 Å². The van der Waals surface area contributed by atoms with E-state index in [1.165, 1.54) is 56.5 Å². The Balaban J connectivity index is 1.49. The quantitative estimate of drug-likeness (QED) is 0.821. The van der Waals surface area contributed by atoms with E-state index < -0.39 is 0 Å². The van der Waals surface area contributed by atoms with Crippen LogP contribution in [0, 0.1) is 0 Å². The fraction of sp³-hybridized carbons (Fsp3) is 0.786. The van der Waals surface area contributed by atoms with Crippen LogP contribution in [0.2, 0.25) is 0 Å². The Morgan fingerprint density at radius 2 is 2.00 bits per heavy atom. The lowest BCUT2D eigenvalue weighted by Gasteiger charge is -2.19. The smallest absolute Gasteiger partial charge is 0.107 e. The van der Waals surface area contributed by atoms with E-state index in [2.05, 4.69) is 21.5 Å². The van der Waals surface area contributed by atoms with Crippen LogP contribution < -0.4 is 5.32 Å². The number of hydrogen-bond acceptors (Lipinski definition) is 2. The van der Waals surface area contributed by atoms with Crippen molar-refractivity contribution in [2.24, 2.45) is 0 Å². The highest BCUT2D eigenvalue weighted by molar-refractivity contribution is 5.08. The van der Waals surface area contributed by atoms with E-state index >= 15 is 0 Å². The number of nitrogens with one attached hydrogen (secondary N) is 2. The average molecular weight is 233 g/mol. The number of aromatic amines is 1. The van der Waals surface area contributed by atoms with E-state index in [-0.39, 0.29) is 0 Å². The fourth-order valence-electron chi connectivity index (χ4n) is 2.81. The lowest BCUT2D eigenvalue weighted by molar-refractivity contribution is 0.437.